The molecule has 1 fully saturated rings. The van der Waals surface area contributed by atoms with Crippen molar-refractivity contribution < 1.29 is 4.79 Å². The van der Waals surface area contributed by atoms with Crippen molar-refractivity contribution in [2.24, 2.45) is 5.92 Å². The number of carbonyl (C=O) groups is 1. The van der Waals surface area contributed by atoms with E-state index >= 15 is 0 Å². The molecule has 25 heavy (non-hydrogen) atoms. The molecule has 0 aromatic heterocycles. The Kier molecular flexibility index (Phi) is 9.22. The van der Waals surface area contributed by atoms with Gasteiger partial charge in [-0.1, -0.05) is 25.1 Å². The van der Waals surface area contributed by atoms with Crippen molar-refractivity contribution in [1.82, 2.24) is 10.6 Å². The van der Waals surface area contributed by atoms with Crippen LogP contribution < -0.4 is 15.5 Å². The van der Waals surface area contributed by atoms with E-state index in [-0.39, 0.29) is 36.8 Å². The predicted octanol–water partition coefficient (Wildman–Crippen LogP) is 3.70. The second-order valence-corrected chi connectivity index (χ2v) is 6.92. The predicted molar refractivity (Wildman–Crippen MR) is 109 cm³/mol. The highest BCUT2D eigenvalue weighted by Gasteiger charge is 2.32. The van der Waals surface area contributed by atoms with Gasteiger partial charge in [0.1, 0.15) is 0 Å². The van der Waals surface area contributed by atoms with Crippen molar-refractivity contribution in [2.45, 2.75) is 51.6 Å². The van der Waals surface area contributed by atoms with Gasteiger partial charge in [0.25, 0.3) is 0 Å². The summed E-state index contributed by atoms with van der Waals surface area (Å²) in [5.41, 5.74) is 2.38. The van der Waals surface area contributed by atoms with Crippen molar-refractivity contribution in [3.05, 3.63) is 29.8 Å². The van der Waals surface area contributed by atoms with E-state index in [1.807, 2.05) is 17.9 Å². The van der Waals surface area contributed by atoms with Crippen LogP contribution >= 0.6 is 24.8 Å². The lowest BCUT2D eigenvalue weighted by Gasteiger charge is -2.40. The molecule has 0 spiro atoms. The van der Waals surface area contributed by atoms with Crippen molar-refractivity contribution in [3.63, 3.8) is 0 Å². The monoisotopic (exact) mass is 387 g/mol. The fraction of sp³-hybridized carbons (Fsp3) is 0.632. The Morgan fingerprint density at radius 1 is 1.24 bits per heavy atom. The summed E-state index contributed by atoms with van der Waals surface area (Å²) in [6, 6.07) is 9.01. The number of piperidine rings is 1. The number of nitrogens with one attached hydrogen (secondary N) is 2. The molecule has 2 aliphatic rings. The fourth-order valence-electron chi connectivity index (χ4n) is 3.95. The third-order valence-electron chi connectivity index (χ3n) is 5.27. The third-order valence-corrected chi connectivity index (χ3v) is 5.27. The molecule has 0 saturated carbocycles. The summed E-state index contributed by atoms with van der Waals surface area (Å²) >= 11 is 0. The summed E-state index contributed by atoms with van der Waals surface area (Å²) in [4.78, 5) is 14.3. The van der Waals surface area contributed by atoms with Gasteiger partial charge in [0, 0.05) is 24.2 Å². The highest BCUT2D eigenvalue weighted by molar-refractivity contribution is 5.95. The second-order valence-electron chi connectivity index (χ2n) is 6.92. The number of amides is 1. The van der Waals surface area contributed by atoms with Gasteiger partial charge in [-0.05, 0) is 63.4 Å². The number of hydrogen-bond donors (Lipinski definition) is 2. The number of rotatable bonds is 4. The molecule has 1 aromatic rings. The third kappa shape index (κ3) is 5.10. The van der Waals surface area contributed by atoms with Crippen LogP contribution in [0.15, 0.2) is 24.3 Å². The van der Waals surface area contributed by atoms with Crippen LogP contribution in [0.4, 0.5) is 5.69 Å². The second kappa shape index (κ2) is 10.4. The number of benzene rings is 1. The molecule has 2 atom stereocenters. The largest absolute Gasteiger partial charge is 0.317 e. The first-order chi connectivity index (χ1) is 11.2. The maximum atomic E-state index is 12.4. The molecule has 0 unspecified atom stereocenters. The number of fused-ring (bicyclic) bond motifs is 1. The number of carbonyl (C=O) groups excluding carboxylic acids is 1. The molecular formula is C19H31Cl2N3O. The summed E-state index contributed by atoms with van der Waals surface area (Å²) in [6.45, 7) is 7.47. The first kappa shape index (κ1) is 22.2. The Hall–Kier alpha value is -0.810. The van der Waals surface area contributed by atoms with Crippen molar-refractivity contribution in [2.75, 3.05) is 24.5 Å². The summed E-state index contributed by atoms with van der Waals surface area (Å²) in [7, 11) is 0. The molecule has 2 aliphatic heterocycles. The van der Waals surface area contributed by atoms with Crippen molar-refractivity contribution >= 4 is 36.4 Å². The molecule has 4 nitrogen and oxygen atoms in total. The van der Waals surface area contributed by atoms with E-state index in [2.05, 4.69) is 35.8 Å². The molecule has 2 N–H and O–H groups in total. The standard InChI is InChI=1S/C19H29N3O.2ClH/c1-3-19(23)22-14(2)12-17(16-6-4-5-7-18(16)22)21-13-15-8-10-20-11-9-15;;/h4-7,14-15,17,20-21H,3,8-13H2,1-2H3;2*1H/t14-,17+;;/m0../s1. The molecule has 0 radical (unpaired) electrons. The summed E-state index contributed by atoms with van der Waals surface area (Å²) in [6.07, 6.45) is 4.08. The molecule has 2 heterocycles. The average molecular weight is 388 g/mol. The first-order valence-corrected chi connectivity index (χ1v) is 9.05. The minimum atomic E-state index is 0. The SMILES string of the molecule is CCC(=O)N1c2ccccc2[C@H](NCC2CCNCC2)C[C@@H]1C.Cl.Cl. The first-order valence-electron chi connectivity index (χ1n) is 9.05. The molecule has 3 rings (SSSR count). The van der Waals surface area contributed by atoms with Gasteiger partial charge in [0.05, 0.1) is 0 Å². The summed E-state index contributed by atoms with van der Waals surface area (Å²) < 4.78 is 0. The summed E-state index contributed by atoms with van der Waals surface area (Å²) in [5, 5.41) is 7.22. The molecule has 1 amide bonds. The highest BCUT2D eigenvalue weighted by Crippen LogP contribution is 2.37. The van der Waals surface area contributed by atoms with Gasteiger partial charge >= 0.3 is 0 Å². The zero-order valence-corrected chi connectivity index (χ0v) is 16.8. The number of halogens is 2. The van der Waals surface area contributed by atoms with Gasteiger partial charge < -0.3 is 15.5 Å². The van der Waals surface area contributed by atoms with E-state index in [9.17, 15) is 4.79 Å². The van der Waals surface area contributed by atoms with E-state index in [1.54, 1.807) is 0 Å². The topological polar surface area (TPSA) is 44.4 Å². The van der Waals surface area contributed by atoms with Crippen molar-refractivity contribution in [3.8, 4) is 0 Å². The van der Waals surface area contributed by atoms with E-state index in [4.69, 9.17) is 0 Å². The zero-order valence-electron chi connectivity index (χ0n) is 15.2. The van der Waals surface area contributed by atoms with E-state index in [1.165, 1.54) is 18.4 Å². The molecule has 1 aromatic carbocycles. The van der Waals surface area contributed by atoms with Gasteiger partial charge in [-0.25, -0.2) is 0 Å². The molecule has 0 aliphatic carbocycles. The van der Waals surface area contributed by atoms with Crippen LogP contribution in [0, 0.1) is 5.92 Å². The minimum Gasteiger partial charge on any atom is -0.317 e. The van der Waals surface area contributed by atoms with Crippen LogP contribution in [0.25, 0.3) is 0 Å². The van der Waals surface area contributed by atoms with Crippen LogP contribution in [-0.2, 0) is 4.79 Å². The van der Waals surface area contributed by atoms with E-state index in [0.717, 1.165) is 37.7 Å². The van der Waals surface area contributed by atoms with Crippen LogP contribution in [0.2, 0.25) is 0 Å². The molecule has 1 saturated heterocycles. The van der Waals surface area contributed by atoms with Crippen LogP contribution in [-0.4, -0.2) is 31.6 Å². The Bertz CT molecular complexity index is 549. The lowest BCUT2D eigenvalue weighted by molar-refractivity contribution is -0.118. The fourth-order valence-corrected chi connectivity index (χ4v) is 3.95. The van der Waals surface area contributed by atoms with Crippen LogP contribution in [0.1, 0.15) is 51.1 Å². The Balaban J connectivity index is 0.00000156. The van der Waals surface area contributed by atoms with Gasteiger partial charge in [-0.3, -0.25) is 4.79 Å². The Morgan fingerprint density at radius 2 is 1.92 bits per heavy atom. The zero-order chi connectivity index (χ0) is 16.2. The normalized spacial score (nSPS) is 23.2. The van der Waals surface area contributed by atoms with Gasteiger partial charge in [-0.15, -0.1) is 24.8 Å². The number of nitrogens with zero attached hydrogens (tertiary/aromatic N) is 1. The lowest BCUT2D eigenvalue weighted by atomic mass is 9.90. The van der Waals surface area contributed by atoms with Gasteiger partial charge in [-0.2, -0.15) is 0 Å². The van der Waals surface area contributed by atoms with Crippen LogP contribution in [0.5, 0.6) is 0 Å². The number of anilines is 1. The number of hydrogen-bond acceptors (Lipinski definition) is 3. The Labute approximate surface area is 163 Å². The molecular weight excluding hydrogens is 357 g/mol. The summed E-state index contributed by atoms with van der Waals surface area (Å²) in [5.74, 6) is 0.996. The molecule has 142 valence electrons. The number of para-hydroxylation sites is 1. The maximum absolute atomic E-state index is 12.4. The van der Waals surface area contributed by atoms with E-state index < -0.39 is 0 Å². The van der Waals surface area contributed by atoms with Crippen molar-refractivity contribution in [1.29, 1.82) is 0 Å². The highest BCUT2D eigenvalue weighted by atomic mass is 35.5. The minimum absolute atomic E-state index is 0. The van der Waals surface area contributed by atoms with Gasteiger partial charge in [0.2, 0.25) is 5.91 Å². The molecule has 0 bridgehead atoms. The lowest BCUT2D eigenvalue weighted by Crippen LogP contribution is -2.46. The average Bonchev–Trinajstić information content (AvgIpc) is 2.60. The molecule has 6 heteroatoms. The van der Waals surface area contributed by atoms with Gasteiger partial charge in [0.15, 0.2) is 0 Å². The Morgan fingerprint density at radius 3 is 2.60 bits per heavy atom. The smallest absolute Gasteiger partial charge is 0.226 e. The maximum Gasteiger partial charge on any atom is 0.226 e. The quantitative estimate of drug-likeness (QED) is 0.827. The van der Waals surface area contributed by atoms with Crippen LogP contribution in [0.3, 0.4) is 0 Å². The van der Waals surface area contributed by atoms with E-state index in [0.29, 0.717) is 12.5 Å².